The van der Waals surface area contributed by atoms with Crippen LogP contribution in [0.25, 0.3) is 0 Å². The zero-order valence-electron chi connectivity index (χ0n) is 13.0. The first kappa shape index (κ1) is 14.2. The number of rotatable bonds is 4. The van der Waals surface area contributed by atoms with Gasteiger partial charge in [-0.2, -0.15) is 5.10 Å². The summed E-state index contributed by atoms with van der Waals surface area (Å²) < 4.78 is 8.07. The van der Waals surface area contributed by atoms with E-state index in [0.29, 0.717) is 12.6 Å². The van der Waals surface area contributed by atoms with Crippen molar-refractivity contribution in [2.75, 3.05) is 0 Å². The Bertz CT molecular complexity index is 597. The highest BCUT2D eigenvalue weighted by Crippen LogP contribution is 2.27. The molecule has 0 amide bonds. The fourth-order valence-electron chi connectivity index (χ4n) is 3.02. The lowest BCUT2D eigenvalue weighted by molar-refractivity contribution is 0.289. The van der Waals surface area contributed by atoms with Gasteiger partial charge in [-0.3, -0.25) is 4.68 Å². The SMILES string of the molecule is Cc1ccc(C)c(OCc2ccn(C3CCCCC3)n2)c1. The third kappa shape index (κ3) is 3.46. The highest BCUT2D eigenvalue weighted by atomic mass is 16.5. The molecule has 1 saturated carbocycles. The lowest BCUT2D eigenvalue weighted by atomic mass is 9.96. The highest BCUT2D eigenvalue weighted by molar-refractivity contribution is 5.36. The molecule has 21 heavy (non-hydrogen) atoms. The van der Waals surface area contributed by atoms with E-state index in [-0.39, 0.29) is 0 Å². The Morgan fingerprint density at radius 1 is 1.14 bits per heavy atom. The molecule has 112 valence electrons. The average molecular weight is 284 g/mol. The van der Waals surface area contributed by atoms with Gasteiger partial charge in [0.25, 0.3) is 0 Å². The molecule has 3 rings (SSSR count). The summed E-state index contributed by atoms with van der Waals surface area (Å²) in [5, 5.41) is 4.69. The van der Waals surface area contributed by atoms with E-state index in [0.717, 1.165) is 11.4 Å². The summed E-state index contributed by atoms with van der Waals surface area (Å²) in [6.45, 7) is 4.71. The topological polar surface area (TPSA) is 27.1 Å². The Labute approximate surface area is 126 Å². The number of aryl methyl sites for hydroxylation is 2. The molecule has 0 radical (unpaired) electrons. The van der Waals surface area contributed by atoms with Crippen LogP contribution in [0.15, 0.2) is 30.5 Å². The van der Waals surface area contributed by atoms with Gasteiger partial charge in [-0.05, 0) is 49.9 Å². The summed E-state index contributed by atoms with van der Waals surface area (Å²) in [4.78, 5) is 0. The molecule has 1 fully saturated rings. The minimum absolute atomic E-state index is 0.546. The maximum Gasteiger partial charge on any atom is 0.132 e. The van der Waals surface area contributed by atoms with Gasteiger partial charge in [0, 0.05) is 6.20 Å². The molecule has 0 unspecified atom stereocenters. The molecular weight excluding hydrogens is 260 g/mol. The summed E-state index contributed by atoms with van der Waals surface area (Å²) in [7, 11) is 0. The van der Waals surface area contributed by atoms with Crippen molar-refractivity contribution in [2.45, 2.75) is 58.6 Å². The quantitative estimate of drug-likeness (QED) is 0.821. The molecule has 0 N–H and O–H groups in total. The summed E-state index contributed by atoms with van der Waals surface area (Å²) >= 11 is 0. The Balaban J connectivity index is 1.63. The van der Waals surface area contributed by atoms with E-state index in [1.54, 1.807) is 0 Å². The van der Waals surface area contributed by atoms with Crippen LogP contribution in [0.2, 0.25) is 0 Å². The normalized spacial score (nSPS) is 16.1. The van der Waals surface area contributed by atoms with E-state index < -0.39 is 0 Å². The lowest BCUT2D eigenvalue weighted by Gasteiger charge is -2.21. The van der Waals surface area contributed by atoms with Crippen molar-refractivity contribution >= 4 is 0 Å². The van der Waals surface area contributed by atoms with Gasteiger partial charge in [-0.15, -0.1) is 0 Å². The Morgan fingerprint density at radius 2 is 1.95 bits per heavy atom. The maximum atomic E-state index is 5.93. The van der Waals surface area contributed by atoms with Gasteiger partial charge in [0.2, 0.25) is 0 Å². The first-order chi connectivity index (χ1) is 10.2. The maximum absolute atomic E-state index is 5.93. The largest absolute Gasteiger partial charge is 0.487 e. The van der Waals surface area contributed by atoms with E-state index in [2.05, 4.69) is 49.0 Å². The number of hydrogen-bond acceptors (Lipinski definition) is 2. The average Bonchev–Trinajstić information content (AvgIpc) is 2.98. The first-order valence-corrected chi connectivity index (χ1v) is 7.96. The van der Waals surface area contributed by atoms with Crippen molar-refractivity contribution in [2.24, 2.45) is 0 Å². The number of nitrogens with zero attached hydrogens (tertiary/aromatic N) is 2. The Kier molecular flexibility index (Phi) is 4.28. The number of aromatic nitrogens is 2. The van der Waals surface area contributed by atoms with Crippen LogP contribution in [0, 0.1) is 13.8 Å². The Hall–Kier alpha value is -1.77. The van der Waals surface area contributed by atoms with Crippen molar-refractivity contribution in [1.29, 1.82) is 0 Å². The van der Waals surface area contributed by atoms with Crippen molar-refractivity contribution in [3.63, 3.8) is 0 Å². The van der Waals surface area contributed by atoms with Crippen molar-refractivity contribution in [1.82, 2.24) is 9.78 Å². The standard InChI is InChI=1S/C18H24N2O/c1-14-8-9-15(2)18(12-14)21-13-16-10-11-20(19-16)17-6-4-3-5-7-17/h8-12,17H,3-7,13H2,1-2H3. The summed E-state index contributed by atoms with van der Waals surface area (Å²) in [6, 6.07) is 8.98. The van der Waals surface area contributed by atoms with Crippen LogP contribution in [0.5, 0.6) is 5.75 Å². The second kappa shape index (κ2) is 6.33. The minimum Gasteiger partial charge on any atom is -0.487 e. The van der Waals surface area contributed by atoms with Gasteiger partial charge < -0.3 is 4.74 Å². The monoisotopic (exact) mass is 284 g/mol. The predicted octanol–water partition coefficient (Wildman–Crippen LogP) is 4.58. The second-order valence-corrected chi connectivity index (χ2v) is 6.14. The van der Waals surface area contributed by atoms with Crippen molar-refractivity contribution in [3.05, 3.63) is 47.3 Å². The summed E-state index contributed by atoms with van der Waals surface area (Å²) in [5.41, 5.74) is 3.41. The van der Waals surface area contributed by atoms with E-state index in [1.807, 2.05) is 0 Å². The van der Waals surface area contributed by atoms with E-state index in [9.17, 15) is 0 Å². The van der Waals surface area contributed by atoms with Gasteiger partial charge in [-0.25, -0.2) is 0 Å². The molecule has 3 nitrogen and oxygen atoms in total. The molecule has 0 bridgehead atoms. The minimum atomic E-state index is 0.546. The van der Waals surface area contributed by atoms with Crippen LogP contribution in [-0.2, 0) is 6.61 Å². The van der Waals surface area contributed by atoms with Gasteiger partial charge >= 0.3 is 0 Å². The zero-order chi connectivity index (χ0) is 14.7. The Morgan fingerprint density at radius 3 is 2.76 bits per heavy atom. The molecule has 0 spiro atoms. The molecule has 1 heterocycles. The van der Waals surface area contributed by atoms with Crippen LogP contribution in [-0.4, -0.2) is 9.78 Å². The van der Waals surface area contributed by atoms with Crippen molar-refractivity contribution in [3.8, 4) is 5.75 Å². The van der Waals surface area contributed by atoms with Gasteiger partial charge in [0.15, 0.2) is 0 Å². The number of benzene rings is 1. The van der Waals surface area contributed by atoms with Crippen LogP contribution in [0.3, 0.4) is 0 Å². The third-order valence-electron chi connectivity index (χ3n) is 4.33. The fraction of sp³-hybridized carbons (Fsp3) is 0.500. The molecule has 3 heteroatoms. The van der Waals surface area contributed by atoms with E-state index in [4.69, 9.17) is 9.84 Å². The first-order valence-electron chi connectivity index (χ1n) is 7.96. The lowest BCUT2D eigenvalue weighted by Crippen LogP contribution is -2.13. The number of ether oxygens (including phenoxy) is 1. The van der Waals surface area contributed by atoms with Crippen LogP contribution in [0.4, 0.5) is 0 Å². The van der Waals surface area contributed by atoms with Crippen LogP contribution >= 0.6 is 0 Å². The van der Waals surface area contributed by atoms with Crippen LogP contribution in [0.1, 0.15) is 55.0 Å². The van der Waals surface area contributed by atoms with Gasteiger partial charge in [0.05, 0.1) is 11.7 Å². The zero-order valence-corrected chi connectivity index (χ0v) is 13.0. The van der Waals surface area contributed by atoms with Gasteiger partial charge in [0.1, 0.15) is 12.4 Å². The van der Waals surface area contributed by atoms with Crippen molar-refractivity contribution < 1.29 is 4.74 Å². The molecule has 0 saturated heterocycles. The molecular formula is C18H24N2O. The highest BCUT2D eigenvalue weighted by Gasteiger charge is 2.16. The van der Waals surface area contributed by atoms with Crippen LogP contribution < -0.4 is 4.74 Å². The molecule has 1 aromatic heterocycles. The molecule has 0 aliphatic heterocycles. The second-order valence-electron chi connectivity index (χ2n) is 6.14. The molecule has 1 aliphatic rings. The molecule has 1 aromatic carbocycles. The smallest absolute Gasteiger partial charge is 0.132 e. The predicted molar refractivity (Wildman–Crippen MR) is 84.6 cm³/mol. The van der Waals surface area contributed by atoms with E-state index in [1.165, 1.54) is 43.2 Å². The molecule has 1 aliphatic carbocycles. The summed E-state index contributed by atoms with van der Waals surface area (Å²) in [6.07, 6.45) is 8.67. The van der Waals surface area contributed by atoms with Gasteiger partial charge in [-0.1, -0.05) is 31.4 Å². The third-order valence-corrected chi connectivity index (χ3v) is 4.33. The fourth-order valence-corrected chi connectivity index (χ4v) is 3.02. The molecule has 2 aromatic rings. The number of hydrogen-bond donors (Lipinski definition) is 0. The molecule has 0 atom stereocenters. The van der Waals surface area contributed by atoms with E-state index >= 15 is 0 Å². The summed E-state index contributed by atoms with van der Waals surface area (Å²) in [5.74, 6) is 0.960.